The number of nitrogens with one attached hydrogen (secondary N) is 1. The largest absolute Gasteiger partial charge is 0.489 e. The van der Waals surface area contributed by atoms with Gasteiger partial charge >= 0.3 is 5.69 Å². The van der Waals surface area contributed by atoms with Gasteiger partial charge in [-0.25, -0.2) is 4.79 Å². The van der Waals surface area contributed by atoms with Crippen molar-refractivity contribution in [2.75, 3.05) is 11.9 Å². The maximum atomic E-state index is 12.0. The summed E-state index contributed by atoms with van der Waals surface area (Å²) < 4.78 is 7.87. The first-order valence-electron chi connectivity index (χ1n) is 7.11. The van der Waals surface area contributed by atoms with Gasteiger partial charge in [-0.1, -0.05) is 18.2 Å². The Bertz CT molecular complexity index is 847. The fraction of sp³-hybridized carbons (Fsp3) is 0.312. The summed E-state index contributed by atoms with van der Waals surface area (Å²) in [5.41, 5.74) is -1.20. The highest BCUT2D eigenvalue weighted by molar-refractivity contribution is 5.51. The summed E-state index contributed by atoms with van der Waals surface area (Å²) in [6.07, 6.45) is -0.219. The molecule has 1 aromatic heterocycles. The average Bonchev–Trinajstić information content (AvgIpc) is 2.56. The van der Waals surface area contributed by atoms with Crippen LogP contribution in [0.5, 0.6) is 5.75 Å². The zero-order valence-corrected chi connectivity index (χ0v) is 13.2. The van der Waals surface area contributed by atoms with Crippen molar-refractivity contribution in [3.63, 3.8) is 0 Å². The SMILES string of the molecule is CC(CNc1c(C#N)c(=O)n(C)c(=O)n1C)Oc1ccccc1. The minimum atomic E-state index is -0.616. The average molecular weight is 314 g/mol. The Kier molecular flexibility index (Phi) is 4.86. The molecule has 23 heavy (non-hydrogen) atoms. The van der Waals surface area contributed by atoms with Gasteiger partial charge < -0.3 is 10.1 Å². The molecule has 0 bridgehead atoms. The Balaban J connectivity index is 2.19. The van der Waals surface area contributed by atoms with E-state index < -0.39 is 11.2 Å². The highest BCUT2D eigenvalue weighted by Crippen LogP contribution is 2.12. The second-order valence-electron chi connectivity index (χ2n) is 5.16. The standard InChI is InChI=1S/C16H18N4O3/c1-11(23-12-7-5-4-6-8-12)10-18-14-13(9-17)15(21)20(3)16(22)19(14)2/h4-8,11,18H,10H2,1-3H3. The van der Waals surface area contributed by atoms with Crippen molar-refractivity contribution in [1.82, 2.24) is 9.13 Å². The molecule has 0 saturated carbocycles. The smallest absolute Gasteiger partial charge is 0.332 e. The van der Waals surface area contributed by atoms with E-state index in [0.717, 1.165) is 10.3 Å². The summed E-state index contributed by atoms with van der Waals surface area (Å²) in [6.45, 7) is 2.19. The predicted molar refractivity (Wildman–Crippen MR) is 86.7 cm³/mol. The van der Waals surface area contributed by atoms with Crippen molar-refractivity contribution in [2.24, 2.45) is 14.1 Å². The van der Waals surface area contributed by atoms with E-state index in [0.29, 0.717) is 6.54 Å². The minimum absolute atomic E-state index is 0.0958. The molecule has 2 aromatic rings. The van der Waals surface area contributed by atoms with Gasteiger partial charge in [0.1, 0.15) is 23.7 Å². The number of anilines is 1. The summed E-state index contributed by atoms with van der Waals surface area (Å²) in [6, 6.07) is 11.2. The number of nitriles is 1. The molecule has 1 N–H and O–H groups in total. The van der Waals surface area contributed by atoms with E-state index in [1.807, 2.05) is 43.3 Å². The third-order valence-corrected chi connectivity index (χ3v) is 3.41. The molecule has 1 heterocycles. The van der Waals surface area contributed by atoms with Crippen LogP contribution in [0.4, 0.5) is 5.82 Å². The number of ether oxygens (including phenoxy) is 1. The first-order valence-corrected chi connectivity index (χ1v) is 7.11. The van der Waals surface area contributed by atoms with Crippen LogP contribution in [0.3, 0.4) is 0 Å². The molecule has 1 aromatic carbocycles. The van der Waals surface area contributed by atoms with E-state index in [4.69, 9.17) is 4.74 Å². The van der Waals surface area contributed by atoms with Crippen LogP contribution in [0.25, 0.3) is 0 Å². The van der Waals surface area contributed by atoms with E-state index >= 15 is 0 Å². The Labute approximate surface area is 133 Å². The Morgan fingerprint density at radius 2 is 1.87 bits per heavy atom. The van der Waals surface area contributed by atoms with Gasteiger partial charge in [-0.15, -0.1) is 0 Å². The molecular formula is C16H18N4O3. The molecule has 0 amide bonds. The quantitative estimate of drug-likeness (QED) is 0.883. The van der Waals surface area contributed by atoms with E-state index in [9.17, 15) is 14.9 Å². The van der Waals surface area contributed by atoms with E-state index in [-0.39, 0.29) is 17.5 Å². The molecule has 0 aliphatic rings. The van der Waals surface area contributed by atoms with E-state index in [1.54, 1.807) is 0 Å². The van der Waals surface area contributed by atoms with E-state index in [2.05, 4.69) is 5.32 Å². The molecule has 0 aliphatic heterocycles. The first kappa shape index (κ1) is 16.4. The number of hydrogen-bond donors (Lipinski definition) is 1. The summed E-state index contributed by atoms with van der Waals surface area (Å²) in [5, 5.41) is 12.2. The maximum absolute atomic E-state index is 12.0. The van der Waals surface area contributed by atoms with Crippen LogP contribution in [-0.2, 0) is 14.1 Å². The molecule has 0 aliphatic carbocycles. The molecule has 0 fully saturated rings. The molecule has 120 valence electrons. The molecule has 2 rings (SSSR count). The molecule has 7 nitrogen and oxygen atoms in total. The highest BCUT2D eigenvalue weighted by Gasteiger charge is 2.16. The minimum Gasteiger partial charge on any atom is -0.489 e. The second-order valence-corrected chi connectivity index (χ2v) is 5.16. The van der Waals surface area contributed by atoms with Crippen LogP contribution < -0.4 is 21.3 Å². The van der Waals surface area contributed by atoms with Gasteiger partial charge in [0.15, 0.2) is 5.56 Å². The lowest BCUT2D eigenvalue weighted by atomic mass is 10.3. The molecule has 1 atom stereocenters. The molecule has 0 saturated heterocycles. The number of para-hydroxylation sites is 1. The third-order valence-electron chi connectivity index (χ3n) is 3.41. The van der Waals surface area contributed by atoms with Crippen molar-refractivity contribution in [2.45, 2.75) is 13.0 Å². The number of nitrogens with zero attached hydrogens (tertiary/aromatic N) is 3. The summed E-state index contributed by atoms with van der Waals surface area (Å²) in [7, 11) is 2.85. The van der Waals surface area contributed by atoms with Crippen molar-refractivity contribution < 1.29 is 4.74 Å². The Morgan fingerprint density at radius 3 is 2.48 bits per heavy atom. The van der Waals surface area contributed by atoms with Gasteiger partial charge in [-0.2, -0.15) is 5.26 Å². The topological polar surface area (TPSA) is 89.0 Å². The molecule has 1 unspecified atom stereocenters. The van der Waals surface area contributed by atoms with Crippen molar-refractivity contribution >= 4 is 5.82 Å². The van der Waals surface area contributed by atoms with Gasteiger partial charge in [-0.05, 0) is 19.1 Å². The van der Waals surface area contributed by atoms with Crippen LogP contribution in [0.2, 0.25) is 0 Å². The van der Waals surface area contributed by atoms with Crippen molar-refractivity contribution in [3.05, 3.63) is 56.7 Å². The molecular weight excluding hydrogens is 296 g/mol. The first-order chi connectivity index (χ1) is 11.0. The Hall–Kier alpha value is -3.01. The number of aromatic nitrogens is 2. The zero-order valence-electron chi connectivity index (χ0n) is 13.2. The van der Waals surface area contributed by atoms with Gasteiger partial charge in [0.25, 0.3) is 5.56 Å². The zero-order chi connectivity index (χ0) is 17.0. The number of rotatable bonds is 5. The summed E-state index contributed by atoms with van der Waals surface area (Å²) in [5.74, 6) is 0.921. The van der Waals surface area contributed by atoms with Crippen molar-refractivity contribution in [3.8, 4) is 11.8 Å². The number of benzene rings is 1. The second kappa shape index (κ2) is 6.83. The molecule has 0 spiro atoms. The van der Waals surface area contributed by atoms with Gasteiger partial charge in [-0.3, -0.25) is 13.9 Å². The fourth-order valence-corrected chi connectivity index (χ4v) is 2.17. The van der Waals surface area contributed by atoms with Crippen LogP contribution in [0.15, 0.2) is 39.9 Å². The van der Waals surface area contributed by atoms with E-state index in [1.165, 1.54) is 18.7 Å². The monoisotopic (exact) mass is 314 g/mol. The number of hydrogen-bond acceptors (Lipinski definition) is 5. The summed E-state index contributed by atoms with van der Waals surface area (Å²) in [4.78, 5) is 23.9. The normalized spacial score (nSPS) is 11.6. The van der Waals surface area contributed by atoms with Crippen LogP contribution in [0, 0.1) is 11.3 Å². The summed E-state index contributed by atoms with van der Waals surface area (Å²) >= 11 is 0. The maximum Gasteiger partial charge on any atom is 0.332 e. The fourth-order valence-electron chi connectivity index (χ4n) is 2.17. The van der Waals surface area contributed by atoms with Gasteiger partial charge in [0, 0.05) is 14.1 Å². The highest BCUT2D eigenvalue weighted by atomic mass is 16.5. The predicted octanol–water partition coefficient (Wildman–Crippen LogP) is 0.835. The third kappa shape index (κ3) is 3.43. The van der Waals surface area contributed by atoms with Gasteiger partial charge in [0.2, 0.25) is 0 Å². The lowest BCUT2D eigenvalue weighted by Crippen LogP contribution is -2.40. The van der Waals surface area contributed by atoms with Gasteiger partial charge in [0.05, 0.1) is 6.54 Å². The lowest BCUT2D eigenvalue weighted by Gasteiger charge is -2.18. The van der Waals surface area contributed by atoms with Crippen LogP contribution in [-0.4, -0.2) is 21.8 Å². The Morgan fingerprint density at radius 1 is 1.22 bits per heavy atom. The van der Waals surface area contributed by atoms with Crippen LogP contribution >= 0.6 is 0 Å². The van der Waals surface area contributed by atoms with Crippen LogP contribution in [0.1, 0.15) is 12.5 Å². The molecule has 0 radical (unpaired) electrons. The molecule has 7 heteroatoms. The lowest BCUT2D eigenvalue weighted by molar-refractivity contribution is 0.234. The van der Waals surface area contributed by atoms with Crippen molar-refractivity contribution in [1.29, 1.82) is 5.26 Å².